The summed E-state index contributed by atoms with van der Waals surface area (Å²) < 4.78 is 20.3. The third-order valence-corrected chi connectivity index (χ3v) is 4.08. The van der Waals surface area contributed by atoms with Crippen LogP contribution < -0.4 is 10.5 Å². The highest BCUT2D eigenvalue weighted by Crippen LogP contribution is 2.41. The van der Waals surface area contributed by atoms with Gasteiger partial charge < -0.3 is 10.5 Å². The molecule has 0 spiro atoms. The smallest absolute Gasteiger partial charge is 0.126 e. The number of rotatable bonds is 1. The van der Waals surface area contributed by atoms with Gasteiger partial charge >= 0.3 is 0 Å². The summed E-state index contributed by atoms with van der Waals surface area (Å²) in [5, 5.41) is 0.360. The van der Waals surface area contributed by atoms with Crippen molar-refractivity contribution in [2.45, 2.75) is 18.6 Å². The molecule has 0 aromatic heterocycles. The third-order valence-electron chi connectivity index (χ3n) is 3.37. The maximum Gasteiger partial charge on any atom is 0.126 e. The number of nitrogens with two attached hydrogens (primary N) is 1. The van der Waals surface area contributed by atoms with E-state index in [4.69, 9.17) is 22.1 Å². The predicted molar refractivity (Wildman–Crippen MR) is 80.5 cm³/mol. The van der Waals surface area contributed by atoms with Gasteiger partial charge in [-0.3, -0.25) is 0 Å². The Balaban J connectivity index is 1.96. The first-order valence-electron chi connectivity index (χ1n) is 6.20. The summed E-state index contributed by atoms with van der Waals surface area (Å²) in [5.41, 5.74) is 7.86. The van der Waals surface area contributed by atoms with Crippen molar-refractivity contribution in [2.24, 2.45) is 5.73 Å². The SMILES string of the molecule is NC1CC(c2cc(F)cc(Cl)c2)Oc2ccc(Br)cc21. The van der Waals surface area contributed by atoms with Gasteiger partial charge in [-0.15, -0.1) is 0 Å². The quantitative estimate of drug-likeness (QED) is 0.799. The molecule has 1 aliphatic heterocycles. The van der Waals surface area contributed by atoms with Crippen LogP contribution in [0, 0.1) is 5.82 Å². The van der Waals surface area contributed by atoms with Crippen LogP contribution in [0.2, 0.25) is 5.02 Å². The van der Waals surface area contributed by atoms with Crippen LogP contribution in [-0.4, -0.2) is 0 Å². The Kier molecular flexibility index (Phi) is 3.71. The zero-order chi connectivity index (χ0) is 14.3. The van der Waals surface area contributed by atoms with E-state index < -0.39 is 0 Å². The molecule has 1 heterocycles. The van der Waals surface area contributed by atoms with Gasteiger partial charge in [0, 0.05) is 27.5 Å². The van der Waals surface area contributed by atoms with Gasteiger partial charge in [-0.1, -0.05) is 27.5 Å². The van der Waals surface area contributed by atoms with E-state index in [0.29, 0.717) is 17.0 Å². The zero-order valence-corrected chi connectivity index (χ0v) is 12.8. The Hall–Kier alpha value is -1.10. The van der Waals surface area contributed by atoms with Gasteiger partial charge in [0.1, 0.15) is 17.7 Å². The van der Waals surface area contributed by atoms with E-state index in [1.165, 1.54) is 12.1 Å². The molecule has 0 aliphatic carbocycles. The number of fused-ring (bicyclic) bond motifs is 1. The molecule has 5 heteroatoms. The van der Waals surface area contributed by atoms with Crippen molar-refractivity contribution < 1.29 is 9.13 Å². The number of hydrogen-bond donors (Lipinski definition) is 1. The number of hydrogen-bond acceptors (Lipinski definition) is 2. The summed E-state index contributed by atoms with van der Waals surface area (Å²) in [6.07, 6.45) is 0.301. The van der Waals surface area contributed by atoms with Crippen LogP contribution in [0.5, 0.6) is 5.75 Å². The second-order valence-corrected chi connectivity index (χ2v) is 6.19. The normalized spacial score (nSPS) is 21.2. The minimum Gasteiger partial charge on any atom is -0.485 e. The molecule has 0 bridgehead atoms. The molecule has 0 fully saturated rings. The van der Waals surface area contributed by atoms with Gasteiger partial charge in [0.25, 0.3) is 0 Å². The highest BCUT2D eigenvalue weighted by atomic mass is 79.9. The van der Waals surface area contributed by atoms with Crippen molar-refractivity contribution in [1.29, 1.82) is 0 Å². The van der Waals surface area contributed by atoms with Crippen LogP contribution in [0.25, 0.3) is 0 Å². The number of halogens is 3. The molecule has 3 rings (SSSR count). The molecule has 0 saturated heterocycles. The summed E-state index contributed by atoms with van der Waals surface area (Å²) in [6, 6.07) is 9.99. The minimum absolute atomic E-state index is 0.150. The first-order chi connectivity index (χ1) is 9.52. The van der Waals surface area contributed by atoms with Crippen LogP contribution >= 0.6 is 27.5 Å². The van der Waals surface area contributed by atoms with E-state index in [2.05, 4.69) is 15.9 Å². The Labute approximate surface area is 129 Å². The first-order valence-corrected chi connectivity index (χ1v) is 7.38. The largest absolute Gasteiger partial charge is 0.485 e. The van der Waals surface area contributed by atoms with Gasteiger partial charge in [0.2, 0.25) is 0 Å². The van der Waals surface area contributed by atoms with Crippen molar-refractivity contribution in [3.8, 4) is 5.75 Å². The molecule has 0 saturated carbocycles. The monoisotopic (exact) mass is 355 g/mol. The van der Waals surface area contributed by atoms with Crippen LogP contribution in [0.15, 0.2) is 40.9 Å². The van der Waals surface area contributed by atoms with E-state index in [0.717, 1.165) is 15.8 Å². The topological polar surface area (TPSA) is 35.2 Å². The van der Waals surface area contributed by atoms with E-state index in [1.54, 1.807) is 6.07 Å². The summed E-state index contributed by atoms with van der Waals surface area (Å²) in [4.78, 5) is 0. The van der Waals surface area contributed by atoms with Crippen molar-refractivity contribution in [1.82, 2.24) is 0 Å². The second kappa shape index (κ2) is 5.35. The zero-order valence-electron chi connectivity index (χ0n) is 10.4. The number of ether oxygens (including phenoxy) is 1. The Morgan fingerprint density at radius 1 is 1.25 bits per heavy atom. The first kappa shape index (κ1) is 13.9. The van der Waals surface area contributed by atoms with Gasteiger partial charge in [0.15, 0.2) is 0 Å². The lowest BCUT2D eigenvalue weighted by Crippen LogP contribution is -2.24. The number of benzene rings is 2. The molecule has 1 aliphatic rings. The lowest BCUT2D eigenvalue weighted by atomic mass is 9.93. The molecule has 0 amide bonds. The molecule has 2 unspecified atom stereocenters. The average molecular weight is 357 g/mol. The van der Waals surface area contributed by atoms with Gasteiger partial charge in [0.05, 0.1) is 0 Å². The molecule has 2 nitrogen and oxygen atoms in total. The van der Waals surface area contributed by atoms with Crippen LogP contribution in [0.4, 0.5) is 4.39 Å². The molecule has 0 radical (unpaired) electrons. The highest BCUT2D eigenvalue weighted by molar-refractivity contribution is 9.10. The summed E-state index contributed by atoms with van der Waals surface area (Å²) in [7, 11) is 0. The van der Waals surface area contributed by atoms with Crippen LogP contribution in [0.3, 0.4) is 0 Å². The highest BCUT2D eigenvalue weighted by Gasteiger charge is 2.27. The Bertz CT molecular complexity index is 644. The summed E-state index contributed by atoms with van der Waals surface area (Å²) in [6.45, 7) is 0. The lowest BCUT2D eigenvalue weighted by molar-refractivity contribution is 0.161. The van der Waals surface area contributed by atoms with Crippen molar-refractivity contribution in [2.75, 3.05) is 0 Å². The van der Waals surface area contributed by atoms with Crippen molar-refractivity contribution >= 4 is 27.5 Å². The summed E-state index contributed by atoms with van der Waals surface area (Å²) in [5.74, 6) is 0.364. The van der Waals surface area contributed by atoms with Gasteiger partial charge in [-0.25, -0.2) is 4.39 Å². The van der Waals surface area contributed by atoms with E-state index in [1.807, 2.05) is 18.2 Å². The summed E-state index contributed by atoms with van der Waals surface area (Å²) >= 11 is 9.31. The molecule has 2 aromatic carbocycles. The van der Waals surface area contributed by atoms with E-state index >= 15 is 0 Å². The molecular weight excluding hydrogens is 345 g/mol. The standard InChI is InChI=1S/C15H12BrClFNO/c16-9-1-2-14-12(5-9)13(19)7-15(20-14)8-3-10(17)6-11(18)4-8/h1-6,13,15H,7,19H2. The van der Waals surface area contributed by atoms with Crippen molar-refractivity contribution in [3.05, 3.63) is 62.8 Å². The fourth-order valence-corrected chi connectivity index (χ4v) is 3.05. The van der Waals surface area contributed by atoms with Crippen LogP contribution in [0.1, 0.15) is 29.7 Å². The Morgan fingerprint density at radius 3 is 2.80 bits per heavy atom. The fraction of sp³-hybridized carbons (Fsp3) is 0.200. The average Bonchev–Trinajstić information content (AvgIpc) is 2.38. The molecule has 104 valence electrons. The van der Waals surface area contributed by atoms with Crippen molar-refractivity contribution in [3.63, 3.8) is 0 Å². The maximum absolute atomic E-state index is 13.5. The fourth-order valence-electron chi connectivity index (χ4n) is 2.44. The third kappa shape index (κ3) is 2.68. The molecule has 20 heavy (non-hydrogen) atoms. The molecule has 2 atom stereocenters. The maximum atomic E-state index is 13.5. The lowest BCUT2D eigenvalue weighted by Gasteiger charge is -2.30. The predicted octanol–water partition coefficient (Wildman–Crippen LogP) is 4.77. The van der Waals surface area contributed by atoms with Gasteiger partial charge in [-0.2, -0.15) is 0 Å². The minimum atomic E-state index is -0.369. The van der Waals surface area contributed by atoms with Gasteiger partial charge in [-0.05, 0) is 42.0 Å². The molecule has 2 N–H and O–H groups in total. The second-order valence-electron chi connectivity index (χ2n) is 4.83. The molecule has 2 aromatic rings. The van der Waals surface area contributed by atoms with E-state index in [9.17, 15) is 4.39 Å². The molecular formula is C15H12BrClFNO. The van der Waals surface area contributed by atoms with Crippen LogP contribution in [-0.2, 0) is 0 Å². The Morgan fingerprint density at radius 2 is 2.05 bits per heavy atom. The van der Waals surface area contributed by atoms with E-state index in [-0.39, 0.29) is 18.0 Å².